The van der Waals surface area contributed by atoms with Crippen LogP contribution in [0.2, 0.25) is 0 Å². The van der Waals surface area contributed by atoms with Crippen LogP contribution in [0.1, 0.15) is 81.7 Å². The second-order valence-electron chi connectivity index (χ2n) is 8.99. The lowest BCUT2D eigenvalue weighted by atomic mass is 9.78. The number of carbonyl (C=O) groups excluding carboxylic acids is 2. The number of amides is 2. The fourth-order valence-electron chi connectivity index (χ4n) is 5.01. The zero-order valence-corrected chi connectivity index (χ0v) is 17.5. The molecule has 1 aromatic rings. The summed E-state index contributed by atoms with van der Waals surface area (Å²) in [7, 11) is 0. The Labute approximate surface area is 172 Å². The molecule has 28 heavy (non-hydrogen) atoms. The zero-order valence-electron chi connectivity index (χ0n) is 16.7. The number of carbonyl (C=O) groups is 2. The van der Waals surface area contributed by atoms with E-state index in [9.17, 15) is 9.59 Å². The predicted molar refractivity (Wildman–Crippen MR) is 111 cm³/mol. The molecule has 0 aliphatic heterocycles. The molecule has 0 saturated heterocycles. The van der Waals surface area contributed by atoms with Gasteiger partial charge in [-0.05, 0) is 63.2 Å². The van der Waals surface area contributed by atoms with E-state index in [1.807, 2.05) is 11.6 Å². The number of hydrogen-bond donors (Lipinski definition) is 2. The number of nitrogens with one attached hydrogen (secondary N) is 2. The molecule has 2 N–H and O–H groups in total. The van der Waals surface area contributed by atoms with Gasteiger partial charge in [0.05, 0.1) is 6.04 Å². The summed E-state index contributed by atoms with van der Waals surface area (Å²) < 4.78 is 0. The summed E-state index contributed by atoms with van der Waals surface area (Å²) in [5, 5.41) is 9.59. The van der Waals surface area contributed by atoms with Crippen molar-refractivity contribution in [3.8, 4) is 0 Å². The third-order valence-corrected chi connectivity index (χ3v) is 8.00. The molecule has 154 valence electrons. The van der Waals surface area contributed by atoms with Crippen molar-refractivity contribution < 1.29 is 9.59 Å². The Morgan fingerprint density at radius 2 is 1.64 bits per heavy atom. The summed E-state index contributed by atoms with van der Waals surface area (Å²) in [5.41, 5.74) is 0. The minimum Gasteiger partial charge on any atom is -0.356 e. The van der Waals surface area contributed by atoms with Gasteiger partial charge in [-0.1, -0.05) is 19.3 Å². The summed E-state index contributed by atoms with van der Waals surface area (Å²) in [4.78, 5) is 29.3. The second-order valence-corrected chi connectivity index (χ2v) is 9.92. The second kappa shape index (κ2) is 9.38. The Kier molecular flexibility index (Phi) is 6.65. The summed E-state index contributed by atoms with van der Waals surface area (Å²) in [6.45, 7) is 0.818. The summed E-state index contributed by atoms with van der Waals surface area (Å²) in [6.07, 6.45) is 14.1. The van der Waals surface area contributed by atoms with Crippen molar-refractivity contribution in [2.24, 2.45) is 23.7 Å². The molecule has 0 radical (unpaired) electrons. The van der Waals surface area contributed by atoms with Crippen LogP contribution in [-0.2, 0) is 9.59 Å². The normalized spacial score (nSPS) is 27.1. The lowest BCUT2D eigenvalue weighted by molar-refractivity contribution is -0.129. The van der Waals surface area contributed by atoms with Crippen LogP contribution in [0.3, 0.4) is 0 Å². The van der Waals surface area contributed by atoms with Gasteiger partial charge in [0.2, 0.25) is 11.8 Å². The number of hydrogen-bond acceptors (Lipinski definition) is 4. The van der Waals surface area contributed by atoms with Crippen molar-refractivity contribution >= 4 is 23.2 Å². The molecule has 1 heterocycles. The van der Waals surface area contributed by atoms with Gasteiger partial charge in [-0.15, -0.1) is 11.3 Å². The van der Waals surface area contributed by atoms with E-state index in [1.54, 1.807) is 11.3 Å². The van der Waals surface area contributed by atoms with Crippen molar-refractivity contribution in [2.75, 3.05) is 6.54 Å². The molecule has 3 saturated carbocycles. The first-order chi connectivity index (χ1) is 13.7. The van der Waals surface area contributed by atoms with E-state index in [1.165, 1.54) is 19.3 Å². The Morgan fingerprint density at radius 1 is 0.964 bits per heavy atom. The van der Waals surface area contributed by atoms with Crippen LogP contribution in [0.5, 0.6) is 0 Å². The van der Waals surface area contributed by atoms with Gasteiger partial charge in [-0.2, -0.15) is 0 Å². The van der Waals surface area contributed by atoms with Crippen molar-refractivity contribution in [3.63, 3.8) is 0 Å². The Hall–Kier alpha value is -1.43. The lowest BCUT2D eigenvalue weighted by Gasteiger charge is -2.35. The van der Waals surface area contributed by atoms with Gasteiger partial charge in [-0.3, -0.25) is 9.59 Å². The summed E-state index contributed by atoms with van der Waals surface area (Å²) in [5.74, 6) is 1.99. The average Bonchev–Trinajstić information content (AvgIpc) is 3.37. The summed E-state index contributed by atoms with van der Waals surface area (Å²) >= 11 is 1.65. The van der Waals surface area contributed by atoms with Crippen LogP contribution in [0, 0.1) is 23.7 Å². The number of thiazole rings is 1. The summed E-state index contributed by atoms with van der Waals surface area (Å²) in [6, 6.07) is 0.0575. The van der Waals surface area contributed by atoms with Crippen LogP contribution in [0.25, 0.3) is 0 Å². The molecule has 0 spiro atoms. The van der Waals surface area contributed by atoms with Gasteiger partial charge in [0.25, 0.3) is 0 Å². The molecular weight excluding hydrogens is 370 g/mol. The highest BCUT2D eigenvalue weighted by Gasteiger charge is 2.34. The molecule has 1 unspecified atom stereocenters. The van der Waals surface area contributed by atoms with Gasteiger partial charge in [0.15, 0.2) is 0 Å². The highest BCUT2D eigenvalue weighted by atomic mass is 32.1. The molecule has 0 aromatic carbocycles. The fourth-order valence-corrected chi connectivity index (χ4v) is 5.79. The minimum absolute atomic E-state index is 0.0575. The van der Waals surface area contributed by atoms with Crippen molar-refractivity contribution in [1.82, 2.24) is 15.6 Å². The Balaban J connectivity index is 1.27. The molecule has 3 fully saturated rings. The van der Waals surface area contributed by atoms with Crippen molar-refractivity contribution in [2.45, 2.75) is 76.7 Å². The molecule has 1 atom stereocenters. The van der Waals surface area contributed by atoms with Gasteiger partial charge < -0.3 is 10.6 Å². The highest BCUT2D eigenvalue weighted by Crippen LogP contribution is 2.38. The van der Waals surface area contributed by atoms with Gasteiger partial charge in [0.1, 0.15) is 5.01 Å². The van der Waals surface area contributed by atoms with E-state index in [0.29, 0.717) is 11.8 Å². The molecule has 2 amide bonds. The quantitative estimate of drug-likeness (QED) is 0.716. The maximum atomic E-state index is 12.6. The smallest absolute Gasteiger partial charge is 0.223 e. The minimum atomic E-state index is 0.0575. The average molecular weight is 404 g/mol. The first-order valence-electron chi connectivity index (χ1n) is 11.2. The Morgan fingerprint density at radius 3 is 2.25 bits per heavy atom. The van der Waals surface area contributed by atoms with Crippen LogP contribution in [0.4, 0.5) is 0 Å². The lowest BCUT2D eigenvalue weighted by Crippen LogP contribution is -2.41. The highest BCUT2D eigenvalue weighted by molar-refractivity contribution is 7.09. The topological polar surface area (TPSA) is 71.1 Å². The zero-order chi connectivity index (χ0) is 19.3. The molecule has 6 heteroatoms. The van der Waals surface area contributed by atoms with E-state index in [4.69, 9.17) is 0 Å². The van der Waals surface area contributed by atoms with Crippen molar-refractivity contribution in [1.29, 1.82) is 0 Å². The molecule has 0 bridgehead atoms. The SMILES string of the molecule is O=C(NCC1CCC(C(NC(=O)C2CCC2)c2nccs2)CC1)C1CCCC1. The standard InChI is InChI=1S/C22H33N3O2S/c26-20(17-4-1-2-5-17)24-14-15-8-10-16(11-9-15)19(22-23-12-13-28-22)25-21(27)18-6-3-7-18/h12-13,15-19H,1-11,14H2,(H,24,26)(H,25,27). The van der Waals surface area contributed by atoms with E-state index in [-0.39, 0.29) is 29.7 Å². The number of nitrogens with zero attached hydrogens (tertiary/aromatic N) is 1. The van der Waals surface area contributed by atoms with Gasteiger partial charge >= 0.3 is 0 Å². The molecule has 4 rings (SSSR count). The third kappa shape index (κ3) is 4.76. The van der Waals surface area contributed by atoms with Crippen LogP contribution in [-0.4, -0.2) is 23.3 Å². The van der Waals surface area contributed by atoms with Crippen LogP contribution in [0.15, 0.2) is 11.6 Å². The largest absolute Gasteiger partial charge is 0.356 e. The molecule has 3 aliphatic carbocycles. The van der Waals surface area contributed by atoms with E-state index in [0.717, 1.165) is 62.9 Å². The predicted octanol–water partition coefficient (Wildman–Crippen LogP) is 4.21. The first-order valence-corrected chi connectivity index (χ1v) is 12.1. The molecule has 5 nitrogen and oxygen atoms in total. The van der Waals surface area contributed by atoms with E-state index >= 15 is 0 Å². The maximum Gasteiger partial charge on any atom is 0.223 e. The number of rotatable bonds is 7. The van der Waals surface area contributed by atoms with Crippen LogP contribution >= 0.6 is 11.3 Å². The third-order valence-electron chi connectivity index (χ3n) is 7.14. The monoisotopic (exact) mass is 403 g/mol. The van der Waals surface area contributed by atoms with Gasteiger partial charge in [-0.25, -0.2) is 4.98 Å². The molecule has 3 aliphatic rings. The van der Waals surface area contributed by atoms with E-state index in [2.05, 4.69) is 15.6 Å². The maximum absolute atomic E-state index is 12.6. The van der Waals surface area contributed by atoms with E-state index < -0.39 is 0 Å². The van der Waals surface area contributed by atoms with Crippen LogP contribution < -0.4 is 10.6 Å². The molecule has 1 aromatic heterocycles. The number of aromatic nitrogens is 1. The van der Waals surface area contributed by atoms with Crippen molar-refractivity contribution in [3.05, 3.63) is 16.6 Å². The fraction of sp³-hybridized carbons (Fsp3) is 0.773. The first kappa shape index (κ1) is 19.9. The van der Waals surface area contributed by atoms with Gasteiger partial charge in [0, 0.05) is 30.0 Å². The Bertz CT molecular complexity index is 645. The molecular formula is C22H33N3O2S.